The Hall–Kier alpha value is -3.22. The summed E-state index contributed by atoms with van der Waals surface area (Å²) in [6.07, 6.45) is 1.37. The molecule has 0 aliphatic carbocycles. The number of esters is 1. The molecule has 7 heteroatoms. The summed E-state index contributed by atoms with van der Waals surface area (Å²) in [6, 6.07) is 11.2. The van der Waals surface area contributed by atoms with Gasteiger partial charge in [-0.25, -0.2) is 0 Å². The van der Waals surface area contributed by atoms with Crippen LogP contribution in [0.3, 0.4) is 0 Å². The molecule has 0 radical (unpaired) electrons. The summed E-state index contributed by atoms with van der Waals surface area (Å²) in [5.74, 6) is 1.37. The number of ether oxygens (including phenoxy) is 4. The van der Waals surface area contributed by atoms with Gasteiger partial charge in [0.05, 0.1) is 39.7 Å². The van der Waals surface area contributed by atoms with Crippen molar-refractivity contribution in [2.75, 3.05) is 34.5 Å². The number of hydrogen-bond donors (Lipinski definition) is 0. The fourth-order valence-corrected chi connectivity index (χ4v) is 4.47. The van der Waals surface area contributed by atoms with Crippen LogP contribution < -0.4 is 14.2 Å². The minimum Gasteiger partial charge on any atom is -0.493 e. The van der Waals surface area contributed by atoms with Crippen molar-refractivity contribution in [2.24, 2.45) is 5.92 Å². The Morgan fingerprint density at radius 3 is 2.55 bits per heavy atom. The van der Waals surface area contributed by atoms with Crippen LogP contribution in [0.5, 0.6) is 17.2 Å². The molecule has 2 aliphatic heterocycles. The summed E-state index contributed by atoms with van der Waals surface area (Å²) >= 11 is 0. The molecule has 1 amide bonds. The second kappa shape index (κ2) is 8.88. The standard InChI is InChI=1S/C24H27NO6/c1-28-21-11-15-8-9-25(19(13-23(26)30-3)18(15)12-22(21)29-2)24(27)17-10-16-6-4-5-7-20(16)31-14-17/h4-7,11-12,17,19H,8-10,13-14H2,1-3H3. The summed E-state index contributed by atoms with van der Waals surface area (Å²) in [7, 11) is 4.52. The van der Waals surface area contributed by atoms with Crippen LogP contribution in [0.4, 0.5) is 0 Å². The molecule has 0 bridgehead atoms. The van der Waals surface area contributed by atoms with E-state index in [1.807, 2.05) is 36.4 Å². The normalized spacial score (nSPS) is 19.5. The van der Waals surface area contributed by atoms with Crippen LogP contribution in [0.2, 0.25) is 0 Å². The summed E-state index contributed by atoms with van der Waals surface area (Å²) in [5.41, 5.74) is 2.96. The summed E-state index contributed by atoms with van der Waals surface area (Å²) in [6.45, 7) is 0.844. The molecule has 0 aromatic heterocycles. The maximum atomic E-state index is 13.6. The monoisotopic (exact) mass is 425 g/mol. The van der Waals surface area contributed by atoms with E-state index >= 15 is 0 Å². The molecule has 0 N–H and O–H groups in total. The van der Waals surface area contributed by atoms with Gasteiger partial charge in [-0.3, -0.25) is 9.59 Å². The predicted molar refractivity (Wildman–Crippen MR) is 113 cm³/mol. The average molecular weight is 425 g/mol. The van der Waals surface area contributed by atoms with Crippen LogP contribution in [-0.4, -0.2) is 51.3 Å². The first kappa shape index (κ1) is 21.0. The molecule has 2 atom stereocenters. The molecule has 2 unspecified atom stereocenters. The Balaban J connectivity index is 1.65. The lowest BCUT2D eigenvalue weighted by atomic mass is 9.87. The first-order valence-corrected chi connectivity index (χ1v) is 10.4. The minimum atomic E-state index is -0.430. The van der Waals surface area contributed by atoms with Gasteiger partial charge in [0.25, 0.3) is 0 Å². The van der Waals surface area contributed by atoms with E-state index in [1.165, 1.54) is 7.11 Å². The van der Waals surface area contributed by atoms with Crippen LogP contribution in [0.25, 0.3) is 0 Å². The second-order valence-corrected chi connectivity index (χ2v) is 7.80. The Morgan fingerprint density at radius 2 is 1.81 bits per heavy atom. The lowest BCUT2D eigenvalue weighted by Gasteiger charge is -2.39. The number of carbonyl (C=O) groups excluding carboxylic acids is 2. The van der Waals surface area contributed by atoms with E-state index in [0.29, 0.717) is 37.5 Å². The van der Waals surface area contributed by atoms with Gasteiger partial charge in [0.1, 0.15) is 12.4 Å². The molecule has 0 spiro atoms. The first-order valence-electron chi connectivity index (χ1n) is 10.4. The van der Waals surface area contributed by atoms with Crippen LogP contribution in [0.1, 0.15) is 29.2 Å². The number of hydrogen-bond acceptors (Lipinski definition) is 6. The average Bonchev–Trinajstić information content (AvgIpc) is 2.82. The quantitative estimate of drug-likeness (QED) is 0.686. The van der Waals surface area contributed by atoms with Gasteiger partial charge >= 0.3 is 5.97 Å². The van der Waals surface area contributed by atoms with Crippen molar-refractivity contribution in [3.63, 3.8) is 0 Å². The maximum absolute atomic E-state index is 13.6. The molecule has 2 aromatic rings. The van der Waals surface area contributed by atoms with E-state index in [1.54, 1.807) is 19.1 Å². The fraction of sp³-hybridized carbons (Fsp3) is 0.417. The highest BCUT2D eigenvalue weighted by Gasteiger charge is 2.38. The lowest BCUT2D eigenvalue weighted by Crippen LogP contribution is -2.46. The van der Waals surface area contributed by atoms with E-state index in [0.717, 1.165) is 22.4 Å². The number of methoxy groups -OCH3 is 3. The van der Waals surface area contributed by atoms with Crippen molar-refractivity contribution in [2.45, 2.75) is 25.3 Å². The molecule has 164 valence electrons. The number of benzene rings is 2. The largest absolute Gasteiger partial charge is 0.493 e. The van der Waals surface area contributed by atoms with E-state index in [9.17, 15) is 9.59 Å². The molecule has 2 aliphatic rings. The molecule has 4 rings (SSSR count). The van der Waals surface area contributed by atoms with E-state index in [2.05, 4.69) is 0 Å². The van der Waals surface area contributed by atoms with E-state index in [-0.39, 0.29) is 24.2 Å². The van der Waals surface area contributed by atoms with Gasteiger partial charge in [-0.1, -0.05) is 18.2 Å². The Kier molecular flexibility index (Phi) is 6.02. The third-order valence-electron chi connectivity index (χ3n) is 6.10. The topological polar surface area (TPSA) is 74.3 Å². The van der Waals surface area contributed by atoms with Gasteiger partial charge in [0.15, 0.2) is 11.5 Å². The number of carbonyl (C=O) groups is 2. The Morgan fingerprint density at radius 1 is 1.06 bits per heavy atom. The zero-order valence-corrected chi connectivity index (χ0v) is 18.1. The summed E-state index contributed by atoms with van der Waals surface area (Å²) in [4.78, 5) is 27.6. The van der Waals surface area contributed by atoms with Gasteiger partial charge in [-0.05, 0) is 47.7 Å². The molecule has 0 saturated carbocycles. The lowest BCUT2D eigenvalue weighted by molar-refractivity contribution is -0.146. The maximum Gasteiger partial charge on any atom is 0.307 e. The number of nitrogens with zero attached hydrogens (tertiary/aromatic N) is 1. The van der Waals surface area contributed by atoms with Gasteiger partial charge < -0.3 is 23.8 Å². The second-order valence-electron chi connectivity index (χ2n) is 7.80. The molecule has 0 saturated heterocycles. The molecular formula is C24H27NO6. The van der Waals surface area contributed by atoms with Crippen molar-refractivity contribution >= 4 is 11.9 Å². The van der Waals surface area contributed by atoms with Crippen LogP contribution in [0.15, 0.2) is 36.4 Å². The van der Waals surface area contributed by atoms with E-state index in [4.69, 9.17) is 18.9 Å². The van der Waals surface area contributed by atoms with Crippen LogP contribution in [-0.2, 0) is 27.2 Å². The fourth-order valence-electron chi connectivity index (χ4n) is 4.47. The van der Waals surface area contributed by atoms with Gasteiger partial charge in [-0.15, -0.1) is 0 Å². The highest BCUT2D eigenvalue weighted by molar-refractivity contribution is 5.82. The Bertz CT molecular complexity index is 988. The van der Waals surface area contributed by atoms with Crippen molar-refractivity contribution in [1.29, 1.82) is 0 Å². The number of rotatable bonds is 5. The first-order chi connectivity index (χ1) is 15.0. The van der Waals surface area contributed by atoms with Crippen molar-refractivity contribution in [1.82, 2.24) is 4.90 Å². The molecule has 0 fully saturated rings. The molecule has 2 aromatic carbocycles. The van der Waals surface area contributed by atoms with Gasteiger partial charge in [-0.2, -0.15) is 0 Å². The smallest absolute Gasteiger partial charge is 0.307 e. The van der Waals surface area contributed by atoms with E-state index < -0.39 is 6.04 Å². The summed E-state index contributed by atoms with van der Waals surface area (Å²) < 4.78 is 21.7. The highest BCUT2D eigenvalue weighted by Crippen LogP contribution is 2.40. The molecule has 31 heavy (non-hydrogen) atoms. The van der Waals surface area contributed by atoms with Crippen molar-refractivity contribution < 1.29 is 28.5 Å². The molecule has 2 heterocycles. The SMILES string of the molecule is COC(=O)CC1c2cc(OC)c(OC)cc2CCN1C(=O)C1COc2ccccc2C1. The predicted octanol–water partition coefficient (Wildman–Crippen LogP) is 2.94. The van der Waals surface area contributed by atoms with Crippen LogP contribution in [0, 0.1) is 5.92 Å². The zero-order chi connectivity index (χ0) is 22.0. The number of amides is 1. The van der Waals surface area contributed by atoms with Crippen molar-refractivity contribution in [3.8, 4) is 17.2 Å². The van der Waals surface area contributed by atoms with Crippen LogP contribution >= 0.6 is 0 Å². The van der Waals surface area contributed by atoms with Gasteiger partial charge in [0, 0.05) is 6.54 Å². The number of fused-ring (bicyclic) bond motifs is 2. The third-order valence-corrected chi connectivity index (χ3v) is 6.10. The molecule has 7 nitrogen and oxygen atoms in total. The van der Waals surface area contributed by atoms with Crippen molar-refractivity contribution in [3.05, 3.63) is 53.1 Å². The summed E-state index contributed by atoms with van der Waals surface area (Å²) in [5, 5.41) is 0. The highest BCUT2D eigenvalue weighted by atomic mass is 16.5. The minimum absolute atomic E-state index is 0.0103. The molecular weight excluding hydrogens is 398 g/mol. The van der Waals surface area contributed by atoms with Gasteiger partial charge in [0.2, 0.25) is 5.91 Å². The zero-order valence-electron chi connectivity index (χ0n) is 18.1. The Labute approximate surface area is 181 Å². The number of para-hydroxylation sites is 1. The third kappa shape index (κ3) is 4.04.